The molecule has 0 aromatic carbocycles. The zero-order chi connectivity index (χ0) is 14.0. The van der Waals surface area contributed by atoms with Crippen molar-refractivity contribution in [2.24, 2.45) is 0 Å². The van der Waals surface area contributed by atoms with Gasteiger partial charge in [0.25, 0.3) is 10.0 Å². The summed E-state index contributed by atoms with van der Waals surface area (Å²) in [5, 5.41) is 4.08. The Bertz CT molecular complexity index is 682. The summed E-state index contributed by atoms with van der Waals surface area (Å²) in [7, 11) is -3.67. The first kappa shape index (κ1) is 14.0. The van der Waals surface area contributed by atoms with Crippen LogP contribution >= 0.6 is 15.9 Å². The molecule has 0 aliphatic heterocycles. The minimum Gasteiger partial charge on any atom is -0.264 e. The maximum atomic E-state index is 12.2. The van der Waals surface area contributed by atoms with E-state index in [1.165, 1.54) is 18.5 Å². The van der Waals surface area contributed by atoms with Crippen LogP contribution in [0.1, 0.15) is 19.9 Å². The summed E-state index contributed by atoms with van der Waals surface area (Å²) >= 11 is 3.20. The number of pyridine rings is 1. The molecule has 0 radical (unpaired) electrons. The molecule has 0 aliphatic rings. The fraction of sp³-hybridized carbons (Fsp3) is 0.273. The van der Waals surface area contributed by atoms with Crippen molar-refractivity contribution < 1.29 is 8.42 Å². The Labute approximate surface area is 120 Å². The van der Waals surface area contributed by atoms with Crippen molar-refractivity contribution in [3.05, 3.63) is 35.2 Å². The number of halogens is 1. The van der Waals surface area contributed by atoms with Crippen molar-refractivity contribution in [1.82, 2.24) is 14.8 Å². The van der Waals surface area contributed by atoms with E-state index in [2.05, 4.69) is 30.7 Å². The molecule has 0 atom stereocenters. The molecule has 0 fully saturated rings. The van der Waals surface area contributed by atoms with Crippen molar-refractivity contribution in [3.8, 4) is 0 Å². The molecule has 2 aromatic heterocycles. The Hall–Kier alpha value is -1.41. The highest BCUT2D eigenvalue weighted by Crippen LogP contribution is 2.20. The van der Waals surface area contributed by atoms with Crippen LogP contribution in [0.5, 0.6) is 0 Å². The lowest BCUT2D eigenvalue weighted by molar-refractivity contribution is 0.539. The summed E-state index contributed by atoms with van der Waals surface area (Å²) in [4.78, 5) is 3.94. The molecule has 0 spiro atoms. The second kappa shape index (κ2) is 5.30. The highest BCUT2D eigenvalue weighted by molar-refractivity contribution is 9.10. The van der Waals surface area contributed by atoms with Gasteiger partial charge in [-0.05, 0) is 35.8 Å². The molecule has 2 aromatic rings. The molecule has 0 bridgehead atoms. The van der Waals surface area contributed by atoms with Crippen LogP contribution in [0.4, 0.5) is 5.82 Å². The molecule has 102 valence electrons. The molecule has 6 nitrogen and oxygen atoms in total. The number of anilines is 1. The molecule has 0 saturated heterocycles. The van der Waals surface area contributed by atoms with Gasteiger partial charge in [0.2, 0.25) is 0 Å². The van der Waals surface area contributed by atoms with E-state index in [-0.39, 0.29) is 10.9 Å². The van der Waals surface area contributed by atoms with E-state index in [0.29, 0.717) is 10.3 Å². The van der Waals surface area contributed by atoms with Gasteiger partial charge in [0.05, 0.1) is 6.20 Å². The number of hydrogen-bond acceptors (Lipinski definition) is 4. The van der Waals surface area contributed by atoms with Crippen molar-refractivity contribution in [2.75, 3.05) is 4.72 Å². The van der Waals surface area contributed by atoms with E-state index in [9.17, 15) is 8.42 Å². The number of sulfonamides is 1. The second-order valence-electron chi connectivity index (χ2n) is 4.20. The normalized spacial score (nSPS) is 11.8. The first-order valence-electron chi connectivity index (χ1n) is 5.57. The van der Waals surface area contributed by atoms with Gasteiger partial charge in [0.1, 0.15) is 10.7 Å². The number of nitrogens with zero attached hydrogens (tertiary/aromatic N) is 3. The summed E-state index contributed by atoms with van der Waals surface area (Å²) in [6.07, 6.45) is 4.37. The van der Waals surface area contributed by atoms with Crippen LogP contribution in [0, 0.1) is 0 Å². The zero-order valence-electron chi connectivity index (χ0n) is 10.4. The Morgan fingerprint density at radius 1 is 1.37 bits per heavy atom. The summed E-state index contributed by atoms with van der Waals surface area (Å²) in [6.45, 7) is 3.84. The van der Waals surface area contributed by atoms with Crippen molar-refractivity contribution in [1.29, 1.82) is 0 Å². The quantitative estimate of drug-likeness (QED) is 0.923. The van der Waals surface area contributed by atoms with Crippen molar-refractivity contribution in [2.45, 2.75) is 24.8 Å². The summed E-state index contributed by atoms with van der Waals surface area (Å²) < 4.78 is 29.1. The number of hydrogen-bond donors (Lipinski definition) is 1. The van der Waals surface area contributed by atoms with Crippen LogP contribution in [0.3, 0.4) is 0 Å². The highest BCUT2D eigenvalue weighted by Gasteiger charge is 2.18. The Kier molecular flexibility index (Phi) is 3.91. The highest BCUT2D eigenvalue weighted by atomic mass is 79.9. The van der Waals surface area contributed by atoms with Crippen LogP contribution in [0.15, 0.2) is 40.1 Å². The molecule has 2 rings (SSSR count). The Morgan fingerprint density at radius 2 is 2.11 bits per heavy atom. The summed E-state index contributed by atoms with van der Waals surface area (Å²) in [5.41, 5.74) is 0. The molecule has 1 N–H and O–H groups in total. The average Bonchev–Trinajstić information content (AvgIpc) is 2.76. The van der Waals surface area contributed by atoms with Crippen LogP contribution in [0.2, 0.25) is 0 Å². The van der Waals surface area contributed by atoms with Crippen LogP contribution in [-0.4, -0.2) is 23.2 Å². The minimum atomic E-state index is -3.67. The van der Waals surface area contributed by atoms with Crippen molar-refractivity contribution in [3.63, 3.8) is 0 Å². The molecular weight excluding hydrogens is 332 g/mol. The van der Waals surface area contributed by atoms with E-state index >= 15 is 0 Å². The largest absolute Gasteiger partial charge is 0.264 e. The maximum Gasteiger partial charge on any atom is 0.264 e. The standard InChI is InChI=1S/C11H13BrN4O2S/c1-8(2)16-11(3-4-14-16)15-19(17,18)10-5-9(12)6-13-7-10/h3-8,15H,1-2H3. The van der Waals surface area contributed by atoms with Gasteiger partial charge >= 0.3 is 0 Å². The predicted molar refractivity (Wildman–Crippen MR) is 75.4 cm³/mol. The lowest BCUT2D eigenvalue weighted by Crippen LogP contribution is -2.17. The third-order valence-corrected chi connectivity index (χ3v) is 4.14. The molecule has 19 heavy (non-hydrogen) atoms. The number of aromatic nitrogens is 3. The molecule has 0 amide bonds. The average molecular weight is 345 g/mol. The topological polar surface area (TPSA) is 76.9 Å². The smallest absolute Gasteiger partial charge is 0.264 e. The third-order valence-electron chi connectivity index (χ3n) is 2.39. The first-order chi connectivity index (χ1) is 8.90. The van der Waals surface area contributed by atoms with Gasteiger partial charge in [0, 0.05) is 29.0 Å². The first-order valence-corrected chi connectivity index (χ1v) is 7.84. The van der Waals surface area contributed by atoms with Gasteiger partial charge in [-0.25, -0.2) is 13.1 Å². The molecule has 0 unspecified atom stereocenters. The second-order valence-corrected chi connectivity index (χ2v) is 6.80. The molecule has 2 heterocycles. The monoisotopic (exact) mass is 344 g/mol. The Balaban J connectivity index is 2.34. The van der Waals surface area contributed by atoms with E-state index in [1.807, 2.05) is 13.8 Å². The minimum absolute atomic E-state index is 0.0633. The van der Waals surface area contributed by atoms with Gasteiger partial charge in [0.15, 0.2) is 0 Å². The molecule has 0 saturated carbocycles. The fourth-order valence-electron chi connectivity index (χ4n) is 1.54. The molecular formula is C11H13BrN4O2S. The van der Waals surface area contributed by atoms with Crippen LogP contribution in [-0.2, 0) is 10.0 Å². The van der Waals surface area contributed by atoms with Gasteiger partial charge in [-0.1, -0.05) is 0 Å². The number of nitrogens with one attached hydrogen (secondary N) is 1. The fourth-order valence-corrected chi connectivity index (χ4v) is 3.10. The zero-order valence-corrected chi connectivity index (χ0v) is 12.8. The van der Waals surface area contributed by atoms with Gasteiger partial charge in [-0.2, -0.15) is 5.10 Å². The van der Waals surface area contributed by atoms with Crippen LogP contribution < -0.4 is 4.72 Å². The van der Waals surface area contributed by atoms with Gasteiger partial charge < -0.3 is 0 Å². The lowest BCUT2D eigenvalue weighted by Gasteiger charge is -2.12. The predicted octanol–water partition coefficient (Wildman–Crippen LogP) is 2.42. The number of rotatable bonds is 4. The van der Waals surface area contributed by atoms with E-state index in [0.717, 1.165) is 0 Å². The lowest BCUT2D eigenvalue weighted by atomic mass is 10.4. The van der Waals surface area contributed by atoms with Gasteiger partial charge in [-0.15, -0.1) is 0 Å². The maximum absolute atomic E-state index is 12.2. The summed E-state index contributed by atoms with van der Waals surface area (Å²) in [6, 6.07) is 3.17. The summed E-state index contributed by atoms with van der Waals surface area (Å²) in [5.74, 6) is 0.426. The SMILES string of the molecule is CC(C)n1nccc1NS(=O)(=O)c1cncc(Br)c1. The van der Waals surface area contributed by atoms with Gasteiger partial charge in [-0.3, -0.25) is 9.71 Å². The van der Waals surface area contributed by atoms with Crippen LogP contribution in [0.25, 0.3) is 0 Å². The van der Waals surface area contributed by atoms with E-state index in [1.54, 1.807) is 16.9 Å². The molecule has 8 heteroatoms. The van der Waals surface area contributed by atoms with E-state index < -0.39 is 10.0 Å². The van der Waals surface area contributed by atoms with Crippen molar-refractivity contribution >= 4 is 31.8 Å². The Morgan fingerprint density at radius 3 is 2.74 bits per heavy atom. The third kappa shape index (κ3) is 3.13. The van der Waals surface area contributed by atoms with E-state index in [4.69, 9.17) is 0 Å². The molecule has 0 aliphatic carbocycles.